The van der Waals surface area contributed by atoms with E-state index in [0.29, 0.717) is 0 Å². The Labute approximate surface area is 219 Å². The van der Waals surface area contributed by atoms with Crippen LogP contribution < -0.4 is 4.72 Å². The fraction of sp³-hybridized carbons (Fsp3) is 0.240. The summed E-state index contributed by atoms with van der Waals surface area (Å²) in [6, 6.07) is 18.5. The van der Waals surface area contributed by atoms with Crippen LogP contribution in [0.15, 0.2) is 91.9 Å². The van der Waals surface area contributed by atoms with Gasteiger partial charge in [0.05, 0.1) is 21.2 Å². The Morgan fingerprint density at radius 1 is 0.676 bits per heavy atom. The van der Waals surface area contributed by atoms with Gasteiger partial charge in [-0.3, -0.25) is 0 Å². The largest absolute Gasteiger partial charge is 0.282 e. The first-order valence-electron chi connectivity index (χ1n) is 11.3. The van der Waals surface area contributed by atoms with E-state index < -0.39 is 30.1 Å². The van der Waals surface area contributed by atoms with Crippen molar-refractivity contribution >= 4 is 36.3 Å². The molecule has 0 unspecified atom stereocenters. The SMILES string of the molecule is Cc1ccc(S(=O)(=O)/N=C/CN(CCNS(=O)(=O)c2ccc(C)cc2)S(=O)(=O)c2ccc(C)cc2)cc1. The molecular weight excluding hydrogens is 534 g/mol. The molecule has 0 amide bonds. The van der Waals surface area contributed by atoms with Crippen LogP contribution in [-0.2, 0) is 30.1 Å². The zero-order chi connectivity index (χ0) is 27.3. The summed E-state index contributed by atoms with van der Waals surface area (Å²) in [5.41, 5.74) is 2.64. The number of nitrogens with zero attached hydrogens (tertiary/aromatic N) is 2. The van der Waals surface area contributed by atoms with Crippen molar-refractivity contribution in [1.82, 2.24) is 9.03 Å². The average Bonchev–Trinajstić information content (AvgIpc) is 2.84. The minimum Gasteiger partial charge on any atom is -0.210 e. The van der Waals surface area contributed by atoms with Crippen molar-refractivity contribution in [3.8, 4) is 0 Å². The quantitative estimate of drug-likeness (QED) is 0.357. The first kappa shape index (κ1) is 28.7. The molecule has 198 valence electrons. The summed E-state index contributed by atoms with van der Waals surface area (Å²) in [4.78, 5) is 0.0271. The van der Waals surface area contributed by atoms with E-state index >= 15 is 0 Å². The van der Waals surface area contributed by atoms with Gasteiger partial charge in [-0.2, -0.15) is 17.1 Å². The lowest BCUT2D eigenvalue weighted by Gasteiger charge is -2.21. The summed E-state index contributed by atoms with van der Waals surface area (Å²) in [6.45, 7) is 4.60. The van der Waals surface area contributed by atoms with Crippen LogP contribution in [-0.4, -0.2) is 55.4 Å². The van der Waals surface area contributed by atoms with E-state index in [1.54, 1.807) is 36.4 Å². The van der Waals surface area contributed by atoms with Gasteiger partial charge < -0.3 is 0 Å². The van der Waals surface area contributed by atoms with Crippen LogP contribution in [0.1, 0.15) is 16.7 Å². The van der Waals surface area contributed by atoms with E-state index in [0.717, 1.165) is 27.2 Å². The second kappa shape index (κ2) is 11.7. The highest BCUT2D eigenvalue weighted by molar-refractivity contribution is 7.90. The third-order valence-corrected chi connectivity index (χ3v) is 10.1. The third kappa shape index (κ3) is 7.55. The summed E-state index contributed by atoms with van der Waals surface area (Å²) >= 11 is 0. The molecule has 0 fully saturated rings. The van der Waals surface area contributed by atoms with Gasteiger partial charge in [0.25, 0.3) is 10.0 Å². The van der Waals surface area contributed by atoms with Gasteiger partial charge in [0.2, 0.25) is 20.0 Å². The molecule has 1 N–H and O–H groups in total. The number of hydrogen-bond acceptors (Lipinski definition) is 6. The predicted octanol–water partition coefficient (Wildman–Crippen LogP) is 3.04. The lowest BCUT2D eigenvalue weighted by Crippen LogP contribution is -2.39. The van der Waals surface area contributed by atoms with Crippen LogP contribution in [0.25, 0.3) is 0 Å². The maximum Gasteiger partial charge on any atom is 0.282 e. The standard InChI is InChI=1S/C25H29N3O6S3/c1-20-4-10-23(11-5-20)35(29,30)26-16-18-28(37(33,34)25-14-8-22(3)9-15-25)19-17-27-36(31,32)24-12-6-21(2)7-13-24/h4-16,27H,17-19H2,1-3H3/b26-16+. The molecule has 0 saturated carbocycles. The average molecular weight is 564 g/mol. The Kier molecular flexibility index (Phi) is 9.03. The number of rotatable bonds is 11. The van der Waals surface area contributed by atoms with Gasteiger partial charge in [-0.1, -0.05) is 53.1 Å². The monoisotopic (exact) mass is 563 g/mol. The van der Waals surface area contributed by atoms with E-state index in [1.165, 1.54) is 36.4 Å². The molecule has 0 heterocycles. The van der Waals surface area contributed by atoms with Crippen molar-refractivity contribution in [3.63, 3.8) is 0 Å². The second-order valence-corrected chi connectivity index (χ2v) is 13.8. The number of nitrogens with one attached hydrogen (secondary N) is 1. The van der Waals surface area contributed by atoms with E-state index in [-0.39, 0.29) is 34.3 Å². The van der Waals surface area contributed by atoms with Crippen molar-refractivity contribution in [1.29, 1.82) is 0 Å². The lowest BCUT2D eigenvalue weighted by molar-refractivity contribution is 0.452. The Balaban J connectivity index is 1.81. The molecule has 3 aromatic carbocycles. The van der Waals surface area contributed by atoms with Crippen LogP contribution in [0.3, 0.4) is 0 Å². The summed E-state index contributed by atoms with van der Waals surface area (Å²) in [5.74, 6) is 0. The molecule has 0 aromatic heterocycles. The summed E-state index contributed by atoms with van der Waals surface area (Å²) in [7, 11) is -12.0. The molecule has 37 heavy (non-hydrogen) atoms. The van der Waals surface area contributed by atoms with Crippen LogP contribution in [0.5, 0.6) is 0 Å². The summed E-state index contributed by atoms with van der Waals surface area (Å²) in [5, 5.41) is 0. The van der Waals surface area contributed by atoms with Gasteiger partial charge in [0.1, 0.15) is 0 Å². The van der Waals surface area contributed by atoms with Gasteiger partial charge in [0, 0.05) is 19.3 Å². The van der Waals surface area contributed by atoms with Crippen LogP contribution in [0.2, 0.25) is 0 Å². The zero-order valence-corrected chi connectivity index (χ0v) is 23.1. The normalized spacial score (nSPS) is 12.9. The molecule has 3 aromatic rings. The Hall–Kier alpha value is -2.90. The van der Waals surface area contributed by atoms with E-state index in [1.807, 2.05) is 20.8 Å². The Morgan fingerprint density at radius 2 is 1.11 bits per heavy atom. The molecule has 0 aliphatic carbocycles. The lowest BCUT2D eigenvalue weighted by atomic mass is 10.2. The molecule has 0 radical (unpaired) electrons. The Bertz CT molecular complexity index is 1560. The van der Waals surface area contributed by atoms with E-state index in [4.69, 9.17) is 0 Å². The van der Waals surface area contributed by atoms with Gasteiger partial charge in [0.15, 0.2) is 0 Å². The summed E-state index contributed by atoms with van der Waals surface area (Å²) in [6.07, 6.45) is 0.995. The summed E-state index contributed by atoms with van der Waals surface area (Å²) < 4.78 is 84.0. The van der Waals surface area contributed by atoms with E-state index in [2.05, 4.69) is 9.12 Å². The van der Waals surface area contributed by atoms with Crippen LogP contribution in [0, 0.1) is 20.8 Å². The highest BCUT2D eigenvalue weighted by Crippen LogP contribution is 2.17. The van der Waals surface area contributed by atoms with Crippen molar-refractivity contribution in [3.05, 3.63) is 89.5 Å². The molecule has 0 bridgehead atoms. The molecule has 0 aliphatic rings. The number of benzene rings is 3. The molecule has 12 heteroatoms. The second-order valence-electron chi connectivity index (χ2n) is 8.46. The fourth-order valence-corrected chi connectivity index (χ4v) is 6.53. The maximum absolute atomic E-state index is 13.3. The van der Waals surface area contributed by atoms with Gasteiger partial charge >= 0.3 is 0 Å². The molecule has 0 saturated heterocycles. The van der Waals surface area contributed by atoms with Crippen molar-refractivity contribution in [2.75, 3.05) is 19.6 Å². The van der Waals surface area contributed by atoms with Crippen molar-refractivity contribution in [2.24, 2.45) is 4.40 Å². The maximum atomic E-state index is 13.3. The Morgan fingerprint density at radius 3 is 1.59 bits per heavy atom. The van der Waals surface area contributed by atoms with Crippen LogP contribution in [0.4, 0.5) is 0 Å². The number of aryl methyl sites for hydroxylation is 3. The fourth-order valence-electron chi connectivity index (χ4n) is 3.27. The minimum absolute atomic E-state index is 0.00529. The smallest absolute Gasteiger partial charge is 0.210 e. The van der Waals surface area contributed by atoms with E-state index in [9.17, 15) is 25.3 Å². The van der Waals surface area contributed by atoms with Crippen molar-refractivity contribution < 1.29 is 25.3 Å². The van der Waals surface area contributed by atoms with Gasteiger partial charge in [-0.25, -0.2) is 21.6 Å². The highest BCUT2D eigenvalue weighted by atomic mass is 32.2. The minimum atomic E-state index is -4.08. The topological polar surface area (TPSA) is 130 Å². The molecule has 0 spiro atoms. The molecule has 9 nitrogen and oxygen atoms in total. The number of sulfonamides is 3. The zero-order valence-electron chi connectivity index (χ0n) is 20.7. The van der Waals surface area contributed by atoms with Gasteiger partial charge in [-0.15, -0.1) is 0 Å². The van der Waals surface area contributed by atoms with Crippen molar-refractivity contribution in [2.45, 2.75) is 35.5 Å². The molecular formula is C25H29N3O6S3. The molecule has 0 atom stereocenters. The first-order chi connectivity index (χ1) is 17.3. The predicted molar refractivity (Wildman–Crippen MR) is 143 cm³/mol. The third-order valence-electron chi connectivity index (χ3n) is 5.46. The number of hydrogen-bond donors (Lipinski definition) is 1. The molecule has 0 aliphatic heterocycles. The first-order valence-corrected chi connectivity index (χ1v) is 15.7. The highest BCUT2D eigenvalue weighted by Gasteiger charge is 2.25. The molecule has 3 rings (SSSR count). The van der Waals surface area contributed by atoms with Gasteiger partial charge in [-0.05, 0) is 57.2 Å². The van der Waals surface area contributed by atoms with Crippen LogP contribution >= 0.6 is 0 Å².